The molecule has 0 radical (unpaired) electrons. The molecule has 4 atom stereocenters. The Morgan fingerprint density at radius 3 is 2.54 bits per heavy atom. The van der Waals surface area contributed by atoms with Gasteiger partial charge in [-0.25, -0.2) is 4.79 Å². The number of amides is 1. The highest BCUT2D eigenvalue weighted by Crippen LogP contribution is 2.47. The minimum Gasteiger partial charge on any atom is -0.459 e. The fraction of sp³-hybridized carbons (Fsp3) is 0.471. The first kappa shape index (κ1) is 18.0. The molecule has 1 aromatic carbocycles. The van der Waals surface area contributed by atoms with Crippen LogP contribution in [0.3, 0.4) is 0 Å². The van der Waals surface area contributed by atoms with Crippen molar-refractivity contribution in [3.05, 3.63) is 39.9 Å². The number of fused-ring (bicyclic) bond motifs is 1. The van der Waals surface area contributed by atoms with E-state index in [0.717, 1.165) is 0 Å². The van der Waals surface area contributed by atoms with Gasteiger partial charge in [-0.2, -0.15) is 0 Å². The van der Waals surface area contributed by atoms with Gasteiger partial charge in [0, 0.05) is 18.6 Å². The standard InChI is InChI=1S/C17H18N2O7/c1-9(20)17(2)12-7-13(21)18(12)14(15(17)22)16(23)26-8-10-3-5-11(6-4-10)19(24)25/h3-6,9,12,14,20H,7-8H2,1-2H3/t9-,12+,14?,17?/m1/s1. The molecule has 1 aromatic rings. The third-order valence-electron chi connectivity index (χ3n) is 5.36. The number of hydrogen-bond acceptors (Lipinski definition) is 7. The number of nitrogens with zero attached hydrogens (tertiary/aromatic N) is 2. The van der Waals surface area contributed by atoms with E-state index in [4.69, 9.17) is 4.74 Å². The number of nitro benzene ring substituents is 1. The maximum Gasteiger partial charge on any atom is 0.337 e. The lowest BCUT2D eigenvalue weighted by Gasteiger charge is -2.42. The zero-order chi connectivity index (χ0) is 19.2. The van der Waals surface area contributed by atoms with Crippen LogP contribution in [-0.2, 0) is 25.7 Å². The smallest absolute Gasteiger partial charge is 0.337 e. The first-order valence-electron chi connectivity index (χ1n) is 8.11. The number of benzene rings is 1. The highest BCUT2D eigenvalue weighted by Gasteiger charge is 2.67. The summed E-state index contributed by atoms with van der Waals surface area (Å²) in [6, 6.07) is 3.57. The van der Waals surface area contributed by atoms with Gasteiger partial charge in [-0.05, 0) is 31.5 Å². The molecule has 0 bridgehead atoms. The van der Waals surface area contributed by atoms with Crippen LogP contribution in [0.2, 0.25) is 0 Å². The number of carbonyl (C=O) groups excluding carboxylic acids is 3. The lowest BCUT2D eigenvalue weighted by atomic mass is 9.73. The molecular weight excluding hydrogens is 344 g/mol. The molecule has 0 aromatic heterocycles. The summed E-state index contributed by atoms with van der Waals surface area (Å²) in [5.41, 5.74) is -0.780. The van der Waals surface area contributed by atoms with Crippen LogP contribution in [0.4, 0.5) is 5.69 Å². The van der Waals surface area contributed by atoms with Crippen LogP contribution < -0.4 is 0 Å². The Morgan fingerprint density at radius 1 is 1.42 bits per heavy atom. The number of carbonyl (C=O) groups is 3. The monoisotopic (exact) mass is 362 g/mol. The topological polar surface area (TPSA) is 127 Å². The summed E-state index contributed by atoms with van der Waals surface area (Å²) in [5, 5.41) is 20.6. The van der Waals surface area contributed by atoms with Gasteiger partial charge < -0.3 is 14.7 Å². The summed E-state index contributed by atoms with van der Waals surface area (Å²) in [4.78, 5) is 48.3. The minimum absolute atomic E-state index is 0.0900. The summed E-state index contributed by atoms with van der Waals surface area (Å²) in [5.74, 6) is -1.72. The summed E-state index contributed by atoms with van der Waals surface area (Å²) >= 11 is 0. The molecule has 26 heavy (non-hydrogen) atoms. The number of esters is 1. The molecule has 1 N–H and O–H groups in total. The SMILES string of the molecule is C[C@@H](O)C1(C)C(=O)C(C(=O)OCc2ccc([N+](=O)[O-])cc2)N2C(=O)C[C@H]21. The number of ketones is 1. The normalized spacial score (nSPS) is 28.3. The second kappa shape index (κ2) is 6.17. The largest absolute Gasteiger partial charge is 0.459 e. The molecule has 0 spiro atoms. The lowest BCUT2D eigenvalue weighted by molar-refractivity contribution is -0.384. The number of β-lactam (4-membered cyclic amide) rings is 1. The van der Waals surface area contributed by atoms with Crippen molar-refractivity contribution in [1.82, 2.24) is 4.90 Å². The van der Waals surface area contributed by atoms with Crippen molar-refractivity contribution in [2.75, 3.05) is 0 Å². The third-order valence-corrected chi connectivity index (χ3v) is 5.36. The second-order valence-corrected chi connectivity index (χ2v) is 6.78. The van der Waals surface area contributed by atoms with E-state index >= 15 is 0 Å². The van der Waals surface area contributed by atoms with Crippen LogP contribution in [0.15, 0.2) is 24.3 Å². The van der Waals surface area contributed by atoms with Crippen molar-refractivity contribution in [2.45, 2.75) is 45.1 Å². The van der Waals surface area contributed by atoms with Gasteiger partial charge in [-0.1, -0.05) is 0 Å². The maximum absolute atomic E-state index is 12.7. The molecule has 2 unspecified atom stereocenters. The zero-order valence-electron chi connectivity index (χ0n) is 14.2. The Hall–Kier alpha value is -2.81. The molecule has 0 saturated carbocycles. The van der Waals surface area contributed by atoms with Gasteiger partial charge in [0.1, 0.15) is 6.61 Å². The molecule has 3 rings (SSSR count). The molecule has 2 aliphatic heterocycles. The lowest BCUT2D eigenvalue weighted by Crippen LogP contribution is -2.58. The number of aliphatic hydroxyl groups is 1. The van der Waals surface area contributed by atoms with Crippen LogP contribution in [0.25, 0.3) is 0 Å². The van der Waals surface area contributed by atoms with E-state index in [1.165, 1.54) is 36.1 Å². The Morgan fingerprint density at radius 2 is 2.04 bits per heavy atom. The van der Waals surface area contributed by atoms with E-state index in [-0.39, 0.29) is 24.6 Å². The fourth-order valence-electron chi connectivity index (χ4n) is 3.49. The molecule has 138 valence electrons. The third kappa shape index (κ3) is 2.55. The van der Waals surface area contributed by atoms with Crippen molar-refractivity contribution in [3.8, 4) is 0 Å². The summed E-state index contributed by atoms with van der Waals surface area (Å²) < 4.78 is 5.15. The van der Waals surface area contributed by atoms with Gasteiger partial charge in [0.2, 0.25) is 5.91 Å². The quantitative estimate of drug-likeness (QED) is 0.267. The Kier molecular flexibility index (Phi) is 4.27. The van der Waals surface area contributed by atoms with Crippen LogP contribution in [-0.4, -0.2) is 50.8 Å². The average molecular weight is 362 g/mol. The Labute approximate surface area is 148 Å². The number of non-ortho nitro benzene ring substituents is 1. The van der Waals surface area contributed by atoms with Crippen LogP contribution in [0.5, 0.6) is 0 Å². The Bertz CT molecular complexity index is 789. The second-order valence-electron chi connectivity index (χ2n) is 6.78. The molecule has 9 heteroatoms. The number of Topliss-reactive ketones (excluding diaryl/α,β-unsaturated/α-hetero) is 1. The van der Waals surface area contributed by atoms with E-state index < -0.39 is 40.3 Å². The maximum atomic E-state index is 12.7. The molecule has 1 amide bonds. The van der Waals surface area contributed by atoms with E-state index in [9.17, 15) is 29.6 Å². The number of hydrogen-bond donors (Lipinski definition) is 1. The Balaban J connectivity index is 1.72. The van der Waals surface area contributed by atoms with Gasteiger partial charge in [0.25, 0.3) is 5.69 Å². The van der Waals surface area contributed by atoms with Crippen LogP contribution in [0, 0.1) is 15.5 Å². The van der Waals surface area contributed by atoms with Crippen LogP contribution in [0.1, 0.15) is 25.8 Å². The first-order chi connectivity index (χ1) is 12.2. The van der Waals surface area contributed by atoms with Gasteiger partial charge in [-0.15, -0.1) is 0 Å². The molecule has 2 heterocycles. The number of rotatable bonds is 5. The predicted molar refractivity (Wildman–Crippen MR) is 86.7 cm³/mol. The van der Waals surface area contributed by atoms with Gasteiger partial charge in [-0.3, -0.25) is 19.7 Å². The van der Waals surface area contributed by atoms with Crippen molar-refractivity contribution < 1.29 is 29.2 Å². The highest BCUT2D eigenvalue weighted by atomic mass is 16.6. The molecular formula is C17H18N2O7. The molecule has 0 aliphatic carbocycles. The number of aliphatic hydroxyl groups excluding tert-OH is 1. The van der Waals surface area contributed by atoms with Crippen molar-refractivity contribution >= 4 is 23.3 Å². The zero-order valence-corrected chi connectivity index (χ0v) is 14.2. The van der Waals surface area contributed by atoms with Gasteiger partial charge in [0.05, 0.1) is 22.5 Å². The average Bonchev–Trinajstić information content (AvgIpc) is 2.78. The summed E-state index contributed by atoms with van der Waals surface area (Å²) in [6.07, 6.45) is -0.901. The van der Waals surface area contributed by atoms with Crippen molar-refractivity contribution in [1.29, 1.82) is 0 Å². The highest BCUT2D eigenvalue weighted by molar-refractivity contribution is 6.13. The van der Waals surface area contributed by atoms with E-state index in [1.54, 1.807) is 6.92 Å². The van der Waals surface area contributed by atoms with Crippen molar-refractivity contribution in [2.24, 2.45) is 5.41 Å². The first-order valence-corrected chi connectivity index (χ1v) is 8.11. The van der Waals surface area contributed by atoms with Gasteiger partial charge in [0.15, 0.2) is 11.8 Å². The number of ether oxygens (including phenoxy) is 1. The minimum atomic E-state index is -1.36. The molecule has 2 aliphatic rings. The summed E-state index contributed by atoms with van der Waals surface area (Å²) in [7, 11) is 0. The molecule has 9 nitrogen and oxygen atoms in total. The van der Waals surface area contributed by atoms with E-state index in [1.807, 2.05) is 0 Å². The van der Waals surface area contributed by atoms with Gasteiger partial charge >= 0.3 is 5.97 Å². The van der Waals surface area contributed by atoms with E-state index in [2.05, 4.69) is 0 Å². The van der Waals surface area contributed by atoms with E-state index in [0.29, 0.717) is 5.56 Å². The predicted octanol–water partition coefficient (Wildman–Crippen LogP) is 0.577. The fourth-order valence-corrected chi connectivity index (χ4v) is 3.49. The van der Waals surface area contributed by atoms with Crippen LogP contribution >= 0.6 is 0 Å². The number of nitro groups is 1. The summed E-state index contributed by atoms with van der Waals surface area (Å²) in [6.45, 7) is 2.83. The molecule has 2 saturated heterocycles. The molecule has 2 fully saturated rings. The van der Waals surface area contributed by atoms with Crippen molar-refractivity contribution in [3.63, 3.8) is 0 Å².